The molecule has 4 rings (SSSR count). The van der Waals surface area contributed by atoms with Crippen molar-refractivity contribution in [3.63, 3.8) is 0 Å². The van der Waals surface area contributed by atoms with Crippen molar-refractivity contribution in [2.75, 3.05) is 0 Å². The predicted octanol–water partition coefficient (Wildman–Crippen LogP) is 3.41. The first kappa shape index (κ1) is 16.6. The fourth-order valence-electron chi connectivity index (χ4n) is 7.65. The molecule has 0 aromatic carbocycles. The molecule has 0 heterocycles. The van der Waals surface area contributed by atoms with E-state index in [4.69, 9.17) is 0 Å². The molecule has 4 nitrogen and oxygen atoms in total. The summed E-state index contributed by atoms with van der Waals surface area (Å²) in [5.41, 5.74) is -2.90. The molecule has 4 aliphatic carbocycles. The lowest BCUT2D eigenvalue weighted by atomic mass is 9.38. The summed E-state index contributed by atoms with van der Waals surface area (Å²) >= 11 is 0. The summed E-state index contributed by atoms with van der Waals surface area (Å²) in [7, 11) is 0. The number of aliphatic hydroxyl groups is 1. The fourth-order valence-corrected chi connectivity index (χ4v) is 7.65. The Balaban J connectivity index is 1.85. The second-order valence-corrected chi connectivity index (χ2v) is 9.68. The number of carbonyl (C=O) groups is 2. The number of carbonyl (C=O) groups excluding carboxylic acids is 1. The smallest absolute Gasteiger partial charge is 0.309 e. The van der Waals surface area contributed by atoms with Crippen molar-refractivity contribution in [2.24, 2.45) is 34.0 Å². The van der Waals surface area contributed by atoms with Gasteiger partial charge in [0.25, 0.3) is 0 Å². The summed E-state index contributed by atoms with van der Waals surface area (Å²) < 4.78 is 0. The van der Waals surface area contributed by atoms with E-state index < -0.39 is 27.8 Å². The number of hydrogen-bond donors (Lipinski definition) is 2. The average molecular weight is 334 g/mol. The Morgan fingerprint density at radius 3 is 2.50 bits per heavy atom. The summed E-state index contributed by atoms with van der Waals surface area (Å²) in [6, 6.07) is 0. The van der Waals surface area contributed by atoms with E-state index in [1.807, 2.05) is 13.8 Å². The Hall–Kier alpha value is -0.900. The highest BCUT2D eigenvalue weighted by Gasteiger charge is 2.75. The first-order chi connectivity index (χ1) is 11.1. The van der Waals surface area contributed by atoms with Gasteiger partial charge in [0.1, 0.15) is 5.78 Å². The zero-order chi connectivity index (χ0) is 17.5. The molecule has 2 N–H and O–H groups in total. The number of carboxylic acids is 1. The summed E-state index contributed by atoms with van der Waals surface area (Å²) in [6.45, 7) is 5.99. The van der Waals surface area contributed by atoms with Crippen molar-refractivity contribution in [2.45, 2.75) is 77.7 Å². The summed E-state index contributed by atoms with van der Waals surface area (Å²) in [5, 5.41) is 21.9. The quantitative estimate of drug-likeness (QED) is 0.770. The number of rotatable bonds is 1. The van der Waals surface area contributed by atoms with Crippen LogP contribution < -0.4 is 0 Å². The average Bonchev–Trinajstić information content (AvgIpc) is 2.73. The first-order valence-electron chi connectivity index (χ1n) is 9.62. The van der Waals surface area contributed by atoms with Gasteiger partial charge in [0.15, 0.2) is 0 Å². The first-order valence-corrected chi connectivity index (χ1v) is 9.62. The van der Waals surface area contributed by atoms with Crippen LogP contribution in [-0.4, -0.2) is 27.6 Å². The SMILES string of the molecule is CC1C(=O)[C@@]23CCC4[C@](C)(C(=O)O)CCC[C@@]4(C)[C@]2(O)CCC1C3. The van der Waals surface area contributed by atoms with Crippen LogP contribution in [0.1, 0.15) is 72.1 Å². The normalized spacial score (nSPS) is 56.5. The zero-order valence-corrected chi connectivity index (χ0v) is 15.1. The van der Waals surface area contributed by atoms with Crippen LogP contribution in [0.3, 0.4) is 0 Å². The van der Waals surface area contributed by atoms with E-state index in [1.54, 1.807) is 0 Å². The lowest BCUT2D eigenvalue weighted by Gasteiger charge is -2.66. The number of hydrogen-bond acceptors (Lipinski definition) is 3. The van der Waals surface area contributed by atoms with Crippen molar-refractivity contribution < 1.29 is 19.8 Å². The molecule has 0 aliphatic heterocycles. The van der Waals surface area contributed by atoms with Gasteiger partial charge in [-0.15, -0.1) is 0 Å². The van der Waals surface area contributed by atoms with Crippen LogP contribution >= 0.6 is 0 Å². The third-order valence-electron chi connectivity index (χ3n) is 9.10. The molecule has 1 spiro atoms. The molecule has 2 bridgehead atoms. The number of ketones is 1. The van der Waals surface area contributed by atoms with Crippen LogP contribution in [0.2, 0.25) is 0 Å². The van der Waals surface area contributed by atoms with E-state index in [0.717, 1.165) is 32.1 Å². The summed E-state index contributed by atoms with van der Waals surface area (Å²) in [4.78, 5) is 25.2. The summed E-state index contributed by atoms with van der Waals surface area (Å²) in [5.74, 6) is -0.0688. The lowest BCUT2D eigenvalue weighted by Crippen LogP contribution is -2.70. The third kappa shape index (κ3) is 1.55. The monoisotopic (exact) mass is 334 g/mol. The van der Waals surface area contributed by atoms with Crippen LogP contribution in [0.15, 0.2) is 0 Å². The van der Waals surface area contributed by atoms with Crippen LogP contribution in [0, 0.1) is 34.0 Å². The molecule has 0 amide bonds. The van der Waals surface area contributed by atoms with E-state index in [2.05, 4.69) is 6.92 Å². The molecular formula is C20H30O4. The highest BCUT2D eigenvalue weighted by molar-refractivity contribution is 5.91. The van der Waals surface area contributed by atoms with Crippen molar-refractivity contribution in [3.05, 3.63) is 0 Å². The lowest BCUT2D eigenvalue weighted by molar-refractivity contribution is -0.255. The standard InChI is InChI=1S/C20H30O4/c1-12-13-5-10-20(24)18(3)8-4-7-17(2,16(22)23)14(18)6-9-19(20,11-13)15(12)21/h12-14,24H,4-11H2,1-3H3,(H,22,23)/t12?,13?,14?,17-,18-,19+,20-/m1/s1. The maximum Gasteiger partial charge on any atom is 0.309 e. The number of fused-ring (bicyclic) bond motifs is 3. The van der Waals surface area contributed by atoms with Gasteiger partial charge in [0.05, 0.1) is 16.4 Å². The summed E-state index contributed by atoms with van der Waals surface area (Å²) in [6.07, 6.45) is 6.15. The van der Waals surface area contributed by atoms with Crippen LogP contribution in [-0.2, 0) is 9.59 Å². The van der Waals surface area contributed by atoms with Gasteiger partial charge in [-0.2, -0.15) is 0 Å². The molecule has 3 unspecified atom stereocenters. The third-order valence-corrected chi connectivity index (χ3v) is 9.10. The van der Waals surface area contributed by atoms with Gasteiger partial charge < -0.3 is 10.2 Å². The Morgan fingerprint density at radius 1 is 1.12 bits per heavy atom. The van der Waals surface area contributed by atoms with Crippen molar-refractivity contribution >= 4 is 11.8 Å². The fraction of sp³-hybridized carbons (Fsp3) is 0.900. The van der Waals surface area contributed by atoms with Gasteiger partial charge >= 0.3 is 5.97 Å². The maximum absolute atomic E-state index is 13.2. The Bertz CT molecular complexity index is 615. The van der Waals surface area contributed by atoms with Gasteiger partial charge in [-0.25, -0.2) is 0 Å². The molecule has 4 saturated carbocycles. The Labute approximate surface area is 144 Å². The molecule has 0 aromatic rings. The molecule has 0 radical (unpaired) electrons. The molecular weight excluding hydrogens is 304 g/mol. The predicted molar refractivity (Wildman–Crippen MR) is 89.3 cm³/mol. The van der Waals surface area contributed by atoms with Crippen molar-refractivity contribution in [1.29, 1.82) is 0 Å². The second kappa shape index (κ2) is 4.63. The maximum atomic E-state index is 13.2. The van der Waals surface area contributed by atoms with Crippen LogP contribution in [0.5, 0.6) is 0 Å². The van der Waals surface area contributed by atoms with E-state index in [9.17, 15) is 19.8 Å². The molecule has 0 saturated heterocycles. The number of aliphatic carboxylic acids is 1. The Kier molecular flexibility index (Phi) is 3.19. The second-order valence-electron chi connectivity index (χ2n) is 9.68. The minimum Gasteiger partial charge on any atom is -0.481 e. The number of carboxylic acid groups (broad SMARTS) is 1. The van der Waals surface area contributed by atoms with Gasteiger partial charge in [-0.3, -0.25) is 9.59 Å². The molecule has 4 fully saturated rings. The van der Waals surface area contributed by atoms with Gasteiger partial charge in [0, 0.05) is 11.3 Å². The minimum atomic E-state index is -1.03. The Morgan fingerprint density at radius 2 is 1.83 bits per heavy atom. The largest absolute Gasteiger partial charge is 0.481 e. The topological polar surface area (TPSA) is 74.6 Å². The van der Waals surface area contributed by atoms with Crippen molar-refractivity contribution in [3.8, 4) is 0 Å². The van der Waals surface area contributed by atoms with Crippen LogP contribution in [0.4, 0.5) is 0 Å². The molecule has 0 aromatic heterocycles. The molecule has 4 heteroatoms. The zero-order valence-electron chi connectivity index (χ0n) is 15.1. The van der Waals surface area contributed by atoms with Gasteiger partial charge in [-0.1, -0.05) is 20.3 Å². The van der Waals surface area contributed by atoms with Gasteiger partial charge in [-0.05, 0) is 63.7 Å². The van der Waals surface area contributed by atoms with E-state index in [1.165, 1.54) is 0 Å². The van der Waals surface area contributed by atoms with E-state index in [-0.39, 0.29) is 17.6 Å². The van der Waals surface area contributed by atoms with Crippen molar-refractivity contribution in [1.82, 2.24) is 0 Å². The highest BCUT2D eigenvalue weighted by atomic mass is 16.4. The van der Waals surface area contributed by atoms with E-state index >= 15 is 0 Å². The molecule has 7 atom stereocenters. The molecule has 4 aliphatic rings. The van der Waals surface area contributed by atoms with Gasteiger partial charge in [0.2, 0.25) is 0 Å². The van der Waals surface area contributed by atoms with E-state index in [0.29, 0.717) is 25.2 Å². The molecule has 24 heavy (non-hydrogen) atoms. The van der Waals surface area contributed by atoms with Crippen LogP contribution in [0.25, 0.3) is 0 Å². The highest BCUT2D eigenvalue weighted by Crippen LogP contribution is 2.72. The molecule has 134 valence electrons. The minimum absolute atomic E-state index is 0.0490. The number of Topliss-reactive ketones (excluding diaryl/α,β-unsaturated/α-hetero) is 1.